The summed E-state index contributed by atoms with van der Waals surface area (Å²) in [6.07, 6.45) is 1.43. The average Bonchev–Trinajstić information content (AvgIpc) is 2.75. The highest BCUT2D eigenvalue weighted by atomic mass is 16.6. The SMILES string of the molecule is CCNc1ccc([N+](=O)[O-])c(Oc2ncn(C)n2)n1. The van der Waals surface area contributed by atoms with E-state index in [0.717, 1.165) is 0 Å². The van der Waals surface area contributed by atoms with Gasteiger partial charge in [-0.25, -0.2) is 0 Å². The van der Waals surface area contributed by atoms with Crippen LogP contribution >= 0.6 is 0 Å². The molecule has 0 amide bonds. The molecule has 9 heteroatoms. The van der Waals surface area contributed by atoms with Gasteiger partial charge >= 0.3 is 17.6 Å². The van der Waals surface area contributed by atoms with E-state index < -0.39 is 4.92 Å². The van der Waals surface area contributed by atoms with Crippen LogP contribution in [0.15, 0.2) is 18.5 Å². The number of nitrogens with one attached hydrogen (secondary N) is 1. The largest absolute Gasteiger partial charge is 0.397 e. The summed E-state index contributed by atoms with van der Waals surface area (Å²) in [6.45, 7) is 2.54. The van der Waals surface area contributed by atoms with Crippen molar-refractivity contribution in [3.05, 3.63) is 28.6 Å². The molecule has 0 bridgehead atoms. The molecule has 0 aliphatic rings. The quantitative estimate of drug-likeness (QED) is 0.641. The van der Waals surface area contributed by atoms with Gasteiger partial charge in [0, 0.05) is 19.7 Å². The molecular weight excluding hydrogens is 252 g/mol. The number of aromatic nitrogens is 4. The fraction of sp³-hybridized carbons (Fsp3) is 0.300. The molecule has 2 rings (SSSR count). The lowest BCUT2D eigenvalue weighted by molar-refractivity contribution is -0.386. The topological polar surface area (TPSA) is 108 Å². The highest BCUT2D eigenvalue weighted by Gasteiger charge is 2.19. The number of nitro groups is 1. The zero-order valence-corrected chi connectivity index (χ0v) is 10.4. The smallest absolute Gasteiger partial charge is 0.342 e. The molecule has 0 aliphatic carbocycles. The van der Waals surface area contributed by atoms with E-state index in [4.69, 9.17) is 4.74 Å². The Hall–Kier alpha value is -2.71. The maximum absolute atomic E-state index is 10.9. The fourth-order valence-corrected chi connectivity index (χ4v) is 1.38. The van der Waals surface area contributed by atoms with Crippen LogP contribution in [0, 0.1) is 10.1 Å². The third-order valence-corrected chi connectivity index (χ3v) is 2.16. The van der Waals surface area contributed by atoms with E-state index in [1.54, 1.807) is 7.05 Å². The van der Waals surface area contributed by atoms with Gasteiger partial charge in [0.2, 0.25) is 0 Å². The first-order chi connectivity index (χ1) is 9.10. The van der Waals surface area contributed by atoms with Gasteiger partial charge in [0.25, 0.3) is 0 Å². The molecule has 0 fully saturated rings. The predicted octanol–water partition coefficient (Wildman–Crippen LogP) is 1.34. The molecule has 0 spiro atoms. The summed E-state index contributed by atoms with van der Waals surface area (Å²) >= 11 is 0. The van der Waals surface area contributed by atoms with Crippen LogP contribution in [0.4, 0.5) is 11.5 Å². The van der Waals surface area contributed by atoms with Gasteiger partial charge in [-0.15, -0.1) is 5.10 Å². The first kappa shape index (κ1) is 12.7. The van der Waals surface area contributed by atoms with Crippen molar-refractivity contribution in [1.82, 2.24) is 19.7 Å². The van der Waals surface area contributed by atoms with Crippen molar-refractivity contribution < 1.29 is 9.66 Å². The molecule has 9 nitrogen and oxygen atoms in total. The second kappa shape index (κ2) is 5.29. The van der Waals surface area contributed by atoms with Gasteiger partial charge in [-0.2, -0.15) is 9.97 Å². The van der Waals surface area contributed by atoms with Crippen LogP contribution in [0.3, 0.4) is 0 Å². The van der Waals surface area contributed by atoms with Crippen molar-refractivity contribution in [3.63, 3.8) is 0 Å². The third-order valence-electron chi connectivity index (χ3n) is 2.16. The second-order valence-corrected chi connectivity index (χ2v) is 3.61. The summed E-state index contributed by atoms with van der Waals surface area (Å²) in [7, 11) is 1.66. The number of hydrogen-bond acceptors (Lipinski definition) is 7. The Labute approximate surface area is 108 Å². The Balaban J connectivity index is 2.34. The summed E-state index contributed by atoms with van der Waals surface area (Å²) in [5.74, 6) is 0.341. The van der Waals surface area contributed by atoms with Crippen LogP contribution in [-0.4, -0.2) is 31.2 Å². The van der Waals surface area contributed by atoms with E-state index in [-0.39, 0.29) is 17.6 Å². The van der Waals surface area contributed by atoms with Gasteiger partial charge in [-0.3, -0.25) is 14.8 Å². The zero-order chi connectivity index (χ0) is 13.8. The molecule has 1 N–H and O–H groups in total. The van der Waals surface area contributed by atoms with Crippen molar-refractivity contribution in [2.24, 2.45) is 7.05 Å². The first-order valence-electron chi connectivity index (χ1n) is 5.53. The first-order valence-corrected chi connectivity index (χ1v) is 5.53. The zero-order valence-electron chi connectivity index (χ0n) is 10.4. The van der Waals surface area contributed by atoms with Crippen molar-refractivity contribution in [1.29, 1.82) is 0 Å². The highest BCUT2D eigenvalue weighted by Crippen LogP contribution is 2.28. The van der Waals surface area contributed by atoms with E-state index in [9.17, 15) is 10.1 Å². The van der Waals surface area contributed by atoms with E-state index in [1.807, 2.05) is 6.92 Å². The minimum absolute atomic E-state index is 0.00625. The fourth-order valence-electron chi connectivity index (χ4n) is 1.38. The van der Waals surface area contributed by atoms with Gasteiger partial charge in [0.05, 0.1) is 4.92 Å². The number of rotatable bonds is 5. The second-order valence-electron chi connectivity index (χ2n) is 3.61. The summed E-state index contributed by atoms with van der Waals surface area (Å²) in [5, 5.41) is 17.7. The number of ether oxygens (including phenoxy) is 1. The Morgan fingerprint density at radius 3 is 2.89 bits per heavy atom. The van der Waals surface area contributed by atoms with Crippen LogP contribution in [0.5, 0.6) is 11.9 Å². The molecule has 0 unspecified atom stereocenters. The Morgan fingerprint density at radius 1 is 1.53 bits per heavy atom. The van der Waals surface area contributed by atoms with Crippen LogP contribution < -0.4 is 10.1 Å². The molecule has 2 aromatic heterocycles. The number of pyridine rings is 1. The van der Waals surface area contributed by atoms with E-state index in [1.165, 1.54) is 23.1 Å². The number of nitrogens with zero attached hydrogens (tertiary/aromatic N) is 5. The Morgan fingerprint density at radius 2 is 2.32 bits per heavy atom. The molecule has 19 heavy (non-hydrogen) atoms. The van der Waals surface area contributed by atoms with Crippen molar-refractivity contribution in [3.8, 4) is 11.9 Å². The van der Waals surface area contributed by atoms with Gasteiger partial charge in [0.1, 0.15) is 12.1 Å². The lowest BCUT2D eigenvalue weighted by Gasteiger charge is -2.05. The lowest BCUT2D eigenvalue weighted by atomic mass is 10.4. The molecule has 2 heterocycles. The Kier molecular flexibility index (Phi) is 3.55. The maximum atomic E-state index is 10.9. The van der Waals surface area contributed by atoms with E-state index in [2.05, 4.69) is 20.4 Å². The van der Waals surface area contributed by atoms with Gasteiger partial charge < -0.3 is 10.1 Å². The average molecular weight is 264 g/mol. The van der Waals surface area contributed by atoms with Crippen LogP contribution in [0.1, 0.15) is 6.92 Å². The molecule has 2 aromatic rings. The molecule has 0 aromatic carbocycles. The summed E-state index contributed by atoms with van der Waals surface area (Å²) in [6, 6.07) is 2.84. The standard InChI is InChI=1S/C10H12N6O3/c1-3-11-8-5-4-7(16(17)18)9(13-8)19-10-12-6-15(2)14-10/h4-6H,3H2,1-2H3,(H,11,13). The van der Waals surface area contributed by atoms with Crippen molar-refractivity contribution in [2.45, 2.75) is 6.92 Å². The maximum Gasteiger partial charge on any atom is 0.342 e. The predicted molar refractivity (Wildman–Crippen MR) is 66.1 cm³/mol. The normalized spacial score (nSPS) is 10.2. The van der Waals surface area contributed by atoms with Gasteiger partial charge in [-0.1, -0.05) is 0 Å². The minimum Gasteiger partial charge on any atom is -0.397 e. The number of anilines is 1. The monoisotopic (exact) mass is 264 g/mol. The number of aryl methyl sites for hydroxylation is 1. The van der Waals surface area contributed by atoms with E-state index >= 15 is 0 Å². The van der Waals surface area contributed by atoms with Crippen molar-refractivity contribution in [2.75, 3.05) is 11.9 Å². The van der Waals surface area contributed by atoms with Crippen LogP contribution in [0.25, 0.3) is 0 Å². The van der Waals surface area contributed by atoms with E-state index in [0.29, 0.717) is 12.4 Å². The molecule has 0 saturated carbocycles. The van der Waals surface area contributed by atoms with Crippen LogP contribution in [0.2, 0.25) is 0 Å². The molecule has 0 radical (unpaired) electrons. The van der Waals surface area contributed by atoms with Crippen molar-refractivity contribution >= 4 is 11.5 Å². The third kappa shape index (κ3) is 2.94. The van der Waals surface area contributed by atoms with Crippen LogP contribution in [-0.2, 0) is 7.05 Å². The molecule has 0 atom stereocenters. The molecule has 0 saturated heterocycles. The lowest BCUT2D eigenvalue weighted by Crippen LogP contribution is -2.03. The summed E-state index contributed by atoms with van der Waals surface area (Å²) in [5.41, 5.74) is -0.242. The molecule has 0 aliphatic heterocycles. The summed E-state index contributed by atoms with van der Waals surface area (Å²) < 4.78 is 6.67. The molecule has 100 valence electrons. The van der Waals surface area contributed by atoms with Gasteiger partial charge in [0.15, 0.2) is 0 Å². The molecular formula is C10H12N6O3. The Bertz CT molecular complexity index is 597. The van der Waals surface area contributed by atoms with Gasteiger partial charge in [-0.05, 0) is 13.0 Å². The summed E-state index contributed by atoms with van der Waals surface area (Å²) in [4.78, 5) is 18.2. The minimum atomic E-state index is -0.568. The number of hydrogen-bond donors (Lipinski definition) is 1. The highest BCUT2D eigenvalue weighted by molar-refractivity contribution is 5.49.